The summed E-state index contributed by atoms with van der Waals surface area (Å²) in [5, 5.41) is 5.28. The van der Waals surface area contributed by atoms with Crippen LogP contribution in [0.5, 0.6) is 0 Å². The number of hydrogen-bond donors (Lipinski definition) is 1. The lowest BCUT2D eigenvalue weighted by Gasteiger charge is -2.24. The van der Waals surface area contributed by atoms with Gasteiger partial charge in [0.2, 0.25) is 0 Å². The molecule has 1 atom stereocenters. The molecule has 0 spiro atoms. The van der Waals surface area contributed by atoms with Crippen LogP contribution in [0.4, 0.5) is 0 Å². The van der Waals surface area contributed by atoms with E-state index in [1.807, 2.05) is 6.92 Å². The van der Waals surface area contributed by atoms with Gasteiger partial charge in [-0.1, -0.05) is 6.07 Å². The number of guanidine groups is 1. The van der Waals surface area contributed by atoms with Crippen molar-refractivity contribution in [1.82, 2.24) is 9.88 Å². The van der Waals surface area contributed by atoms with Gasteiger partial charge in [-0.2, -0.15) is 0 Å². The van der Waals surface area contributed by atoms with Gasteiger partial charge in [-0.25, -0.2) is 4.98 Å². The topological polar surface area (TPSA) is 54.5 Å². The fraction of sp³-hybridized carbons (Fsp3) is 0.333. The van der Waals surface area contributed by atoms with Crippen LogP contribution < -0.4 is 5.73 Å². The molecular formula is C12H14N4S2. The first-order valence-corrected chi connectivity index (χ1v) is 7.51. The smallest absolute Gasteiger partial charge is 0.192 e. The Morgan fingerprint density at radius 1 is 1.50 bits per heavy atom. The van der Waals surface area contributed by atoms with Crippen molar-refractivity contribution in [2.45, 2.75) is 19.5 Å². The van der Waals surface area contributed by atoms with Crippen LogP contribution in [0.1, 0.15) is 21.6 Å². The maximum Gasteiger partial charge on any atom is 0.192 e. The van der Waals surface area contributed by atoms with Crippen LogP contribution in [0.25, 0.3) is 0 Å². The third-order valence-corrected chi connectivity index (χ3v) is 4.63. The van der Waals surface area contributed by atoms with Gasteiger partial charge < -0.3 is 10.6 Å². The molecular weight excluding hydrogens is 264 g/mol. The molecule has 0 fully saturated rings. The van der Waals surface area contributed by atoms with Crippen molar-refractivity contribution < 1.29 is 0 Å². The molecule has 2 aromatic heterocycles. The Morgan fingerprint density at radius 3 is 3.06 bits per heavy atom. The second-order valence-corrected chi connectivity index (χ2v) is 6.31. The van der Waals surface area contributed by atoms with Gasteiger partial charge in [0, 0.05) is 10.3 Å². The van der Waals surface area contributed by atoms with E-state index < -0.39 is 0 Å². The predicted molar refractivity (Wildman–Crippen MR) is 75.9 cm³/mol. The SMILES string of the molecule is Cc1nc(C2CN=C(N)N2Cc2cccs2)cs1. The van der Waals surface area contributed by atoms with Gasteiger partial charge in [-0.3, -0.25) is 4.99 Å². The maximum absolute atomic E-state index is 5.99. The average Bonchev–Trinajstić information content (AvgIpc) is 3.04. The molecule has 3 rings (SSSR count). The number of nitrogens with two attached hydrogens (primary N) is 1. The quantitative estimate of drug-likeness (QED) is 0.938. The highest BCUT2D eigenvalue weighted by molar-refractivity contribution is 7.10. The summed E-state index contributed by atoms with van der Waals surface area (Å²) in [6, 6.07) is 4.38. The van der Waals surface area contributed by atoms with Crippen molar-refractivity contribution in [3.8, 4) is 0 Å². The normalized spacial score (nSPS) is 19.3. The maximum atomic E-state index is 5.99. The summed E-state index contributed by atoms with van der Waals surface area (Å²) >= 11 is 3.42. The summed E-state index contributed by atoms with van der Waals surface area (Å²) in [7, 11) is 0. The molecule has 4 nitrogen and oxygen atoms in total. The van der Waals surface area contributed by atoms with E-state index in [4.69, 9.17) is 5.73 Å². The van der Waals surface area contributed by atoms with Gasteiger partial charge in [-0.15, -0.1) is 22.7 Å². The number of aliphatic imine (C=N–C) groups is 1. The summed E-state index contributed by atoms with van der Waals surface area (Å²) in [5.74, 6) is 0.624. The number of hydrogen-bond acceptors (Lipinski definition) is 6. The van der Waals surface area contributed by atoms with Gasteiger partial charge in [-0.05, 0) is 18.4 Å². The Morgan fingerprint density at radius 2 is 2.39 bits per heavy atom. The summed E-state index contributed by atoms with van der Waals surface area (Å²) in [5.41, 5.74) is 7.07. The first-order chi connectivity index (χ1) is 8.74. The number of rotatable bonds is 3. The molecule has 0 aliphatic carbocycles. The Balaban J connectivity index is 1.83. The van der Waals surface area contributed by atoms with Crippen molar-refractivity contribution in [2.24, 2.45) is 10.7 Å². The zero-order chi connectivity index (χ0) is 12.5. The number of thiophene rings is 1. The lowest BCUT2D eigenvalue weighted by molar-refractivity contribution is 0.338. The lowest BCUT2D eigenvalue weighted by atomic mass is 10.2. The molecule has 0 saturated carbocycles. The fourth-order valence-corrected chi connectivity index (χ4v) is 3.44. The van der Waals surface area contributed by atoms with Crippen molar-refractivity contribution in [3.05, 3.63) is 38.5 Å². The molecule has 94 valence electrons. The Labute approximate surface area is 114 Å². The van der Waals surface area contributed by atoms with E-state index in [9.17, 15) is 0 Å². The Hall–Kier alpha value is -1.40. The van der Waals surface area contributed by atoms with Crippen LogP contribution in [-0.2, 0) is 6.54 Å². The van der Waals surface area contributed by atoms with E-state index in [1.165, 1.54) is 4.88 Å². The monoisotopic (exact) mass is 278 g/mol. The second-order valence-electron chi connectivity index (χ2n) is 4.21. The van der Waals surface area contributed by atoms with E-state index >= 15 is 0 Å². The molecule has 0 saturated heterocycles. The van der Waals surface area contributed by atoms with Gasteiger partial charge in [0.25, 0.3) is 0 Å². The molecule has 1 unspecified atom stereocenters. The van der Waals surface area contributed by atoms with Gasteiger partial charge >= 0.3 is 0 Å². The molecule has 1 aliphatic heterocycles. The molecule has 0 amide bonds. The zero-order valence-electron chi connectivity index (χ0n) is 10.0. The number of thiazole rings is 1. The molecule has 2 aromatic rings. The largest absolute Gasteiger partial charge is 0.370 e. The van der Waals surface area contributed by atoms with Crippen molar-refractivity contribution >= 4 is 28.6 Å². The van der Waals surface area contributed by atoms with Gasteiger partial charge in [0.15, 0.2) is 5.96 Å². The summed E-state index contributed by atoms with van der Waals surface area (Å²) in [4.78, 5) is 12.4. The summed E-state index contributed by atoms with van der Waals surface area (Å²) in [6.45, 7) is 3.55. The highest BCUT2D eigenvalue weighted by atomic mass is 32.1. The van der Waals surface area contributed by atoms with E-state index in [-0.39, 0.29) is 6.04 Å². The molecule has 6 heteroatoms. The van der Waals surface area contributed by atoms with E-state index in [1.54, 1.807) is 22.7 Å². The number of nitrogens with zero attached hydrogens (tertiary/aromatic N) is 3. The average molecular weight is 278 g/mol. The van der Waals surface area contributed by atoms with Crippen molar-refractivity contribution in [2.75, 3.05) is 6.54 Å². The van der Waals surface area contributed by atoms with Crippen LogP contribution in [0, 0.1) is 6.92 Å². The summed E-state index contributed by atoms with van der Waals surface area (Å²) in [6.07, 6.45) is 0. The molecule has 0 aromatic carbocycles. The third kappa shape index (κ3) is 2.13. The Kier molecular flexibility index (Phi) is 3.05. The Bertz CT molecular complexity index is 558. The molecule has 3 heterocycles. The van der Waals surface area contributed by atoms with Crippen LogP contribution in [0.2, 0.25) is 0 Å². The molecule has 18 heavy (non-hydrogen) atoms. The molecule has 1 aliphatic rings. The van der Waals surface area contributed by atoms with Crippen molar-refractivity contribution in [3.63, 3.8) is 0 Å². The predicted octanol–water partition coefficient (Wildman–Crippen LogP) is 2.38. The fourth-order valence-electron chi connectivity index (χ4n) is 2.08. The molecule has 2 N–H and O–H groups in total. The zero-order valence-corrected chi connectivity index (χ0v) is 11.7. The van der Waals surface area contributed by atoms with Crippen LogP contribution in [-0.4, -0.2) is 22.4 Å². The highest BCUT2D eigenvalue weighted by Gasteiger charge is 2.29. The van der Waals surface area contributed by atoms with E-state index in [0.717, 1.165) is 17.2 Å². The standard InChI is InChI=1S/C12H14N4S2/c1-8-15-10(7-18-8)11-5-14-12(13)16(11)6-9-3-2-4-17-9/h2-4,7,11H,5-6H2,1H3,(H2,13,14). The number of aromatic nitrogens is 1. The summed E-state index contributed by atoms with van der Waals surface area (Å²) < 4.78 is 0. The minimum absolute atomic E-state index is 0.192. The van der Waals surface area contributed by atoms with E-state index in [0.29, 0.717) is 12.5 Å². The second kappa shape index (κ2) is 4.70. The van der Waals surface area contributed by atoms with E-state index in [2.05, 4.69) is 37.8 Å². The van der Waals surface area contributed by atoms with Crippen LogP contribution >= 0.6 is 22.7 Å². The number of aryl methyl sites for hydroxylation is 1. The first-order valence-electron chi connectivity index (χ1n) is 5.75. The highest BCUT2D eigenvalue weighted by Crippen LogP contribution is 2.28. The molecule has 0 bridgehead atoms. The molecule has 0 radical (unpaired) electrons. The first kappa shape index (κ1) is 11.7. The van der Waals surface area contributed by atoms with Crippen LogP contribution in [0.15, 0.2) is 27.9 Å². The minimum Gasteiger partial charge on any atom is -0.370 e. The lowest BCUT2D eigenvalue weighted by Crippen LogP contribution is -2.35. The van der Waals surface area contributed by atoms with Gasteiger partial charge in [0.1, 0.15) is 0 Å². The van der Waals surface area contributed by atoms with Crippen molar-refractivity contribution in [1.29, 1.82) is 0 Å². The van der Waals surface area contributed by atoms with Gasteiger partial charge in [0.05, 0.1) is 29.8 Å². The minimum atomic E-state index is 0.192. The third-order valence-electron chi connectivity index (χ3n) is 2.98. The van der Waals surface area contributed by atoms with Crippen LogP contribution in [0.3, 0.4) is 0 Å².